The zero-order valence-corrected chi connectivity index (χ0v) is 14.3. The molecule has 25 heavy (non-hydrogen) atoms. The number of nitrogens with one attached hydrogen (secondary N) is 3. The van der Waals surface area contributed by atoms with Crippen molar-refractivity contribution in [2.45, 2.75) is 25.8 Å². The van der Waals surface area contributed by atoms with E-state index < -0.39 is 0 Å². The van der Waals surface area contributed by atoms with Gasteiger partial charge < -0.3 is 16.0 Å². The van der Waals surface area contributed by atoms with Gasteiger partial charge in [0.05, 0.1) is 5.69 Å². The molecule has 1 saturated carbocycles. The first kappa shape index (κ1) is 16.0. The molecule has 1 aliphatic heterocycles. The van der Waals surface area contributed by atoms with Crippen LogP contribution in [0.1, 0.15) is 19.8 Å². The molecule has 1 saturated heterocycles. The topological polar surface area (TPSA) is 78.9 Å². The van der Waals surface area contributed by atoms with E-state index in [1.54, 1.807) is 0 Å². The van der Waals surface area contributed by atoms with Gasteiger partial charge in [0.1, 0.15) is 5.82 Å². The number of hydrogen-bond acceptors (Lipinski definition) is 5. The van der Waals surface area contributed by atoms with E-state index >= 15 is 0 Å². The number of anilines is 2. The number of fused-ring (bicyclic) bond motifs is 1. The van der Waals surface area contributed by atoms with Gasteiger partial charge in [-0.3, -0.25) is 4.79 Å². The van der Waals surface area contributed by atoms with Crippen molar-refractivity contribution < 1.29 is 4.79 Å². The first-order valence-electron chi connectivity index (χ1n) is 8.86. The summed E-state index contributed by atoms with van der Waals surface area (Å²) in [7, 11) is 0. The molecule has 1 aliphatic carbocycles. The molecule has 3 atom stereocenters. The Hall–Kier alpha value is -2.47. The molecular weight excluding hydrogens is 314 g/mol. The summed E-state index contributed by atoms with van der Waals surface area (Å²) in [4.78, 5) is 11.1. The van der Waals surface area contributed by atoms with Crippen molar-refractivity contribution >= 4 is 17.4 Å². The predicted molar refractivity (Wildman–Crippen MR) is 98.3 cm³/mol. The summed E-state index contributed by atoms with van der Waals surface area (Å²) in [6.07, 6.45) is 2.43. The molecule has 4 rings (SSSR count). The summed E-state index contributed by atoms with van der Waals surface area (Å²) in [5.41, 5.74) is 2.59. The highest BCUT2D eigenvalue weighted by atomic mass is 16.1. The van der Waals surface area contributed by atoms with Gasteiger partial charge in [-0.1, -0.05) is 12.1 Å². The minimum atomic E-state index is -0.0743. The molecule has 2 aliphatic rings. The van der Waals surface area contributed by atoms with Gasteiger partial charge in [0.25, 0.3) is 0 Å². The Kier molecular flexibility index (Phi) is 4.36. The van der Waals surface area contributed by atoms with E-state index in [4.69, 9.17) is 0 Å². The van der Waals surface area contributed by atoms with Crippen LogP contribution < -0.4 is 16.0 Å². The quantitative estimate of drug-likeness (QED) is 0.799. The molecule has 0 radical (unpaired) electrons. The van der Waals surface area contributed by atoms with Crippen molar-refractivity contribution in [1.29, 1.82) is 0 Å². The second-order valence-electron chi connectivity index (χ2n) is 7.05. The van der Waals surface area contributed by atoms with Crippen LogP contribution in [-0.4, -0.2) is 35.2 Å². The Balaban J connectivity index is 1.39. The standard InChI is InChI=1S/C19H23N5O/c1-12(25)21-16-4-2-13(3-5-16)18-6-7-19(24-23-18)22-17-8-14-10-20-11-15(14)9-17/h2-7,14-15,17,20H,8-11H2,1H3,(H,21,25)(H,22,24)/t14-,15+,17-. The number of aromatic nitrogens is 2. The van der Waals surface area contributed by atoms with Crippen LogP contribution in [0.4, 0.5) is 11.5 Å². The summed E-state index contributed by atoms with van der Waals surface area (Å²) >= 11 is 0. The summed E-state index contributed by atoms with van der Waals surface area (Å²) in [5, 5.41) is 18.4. The smallest absolute Gasteiger partial charge is 0.221 e. The highest BCUT2D eigenvalue weighted by Gasteiger charge is 2.37. The number of hydrogen-bond donors (Lipinski definition) is 3. The Morgan fingerprint density at radius 3 is 2.36 bits per heavy atom. The van der Waals surface area contributed by atoms with Crippen molar-refractivity contribution in [2.75, 3.05) is 23.7 Å². The van der Waals surface area contributed by atoms with Gasteiger partial charge in [0, 0.05) is 24.2 Å². The van der Waals surface area contributed by atoms with Crippen LogP contribution in [0.5, 0.6) is 0 Å². The molecule has 1 aromatic heterocycles. The van der Waals surface area contributed by atoms with E-state index in [-0.39, 0.29) is 5.91 Å². The van der Waals surface area contributed by atoms with Gasteiger partial charge in [-0.15, -0.1) is 10.2 Å². The molecule has 6 nitrogen and oxygen atoms in total. The molecule has 0 unspecified atom stereocenters. The third kappa shape index (κ3) is 3.64. The molecule has 130 valence electrons. The second-order valence-corrected chi connectivity index (χ2v) is 7.05. The van der Waals surface area contributed by atoms with Gasteiger partial charge in [-0.25, -0.2) is 0 Å². The highest BCUT2D eigenvalue weighted by Crippen LogP contribution is 2.35. The largest absolute Gasteiger partial charge is 0.366 e. The Labute approximate surface area is 147 Å². The molecule has 3 N–H and O–H groups in total. The van der Waals surface area contributed by atoms with Crippen molar-refractivity contribution in [3.05, 3.63) is 36.4 Å². The maximum atomic E-state index is 11.1. The number of nitrogens with zero attached hydrogens (tertiary/aromatic N) is 2. The van der Waals surface area contributed by atoms with E-state index in [1.807, 2.05) is 36.4 Å². The average Bonchev–Trinajstić information content (AvgIpc) is 3.17. The number of rotatable bonds is 4. The lowest BCUT2D eigenvalue weighted by atomic mass is 10.0. The van der Waals surface area contributed by atoms with Crippen LogP contribution in [-0.2, 0) is 4.79 Å². The molecule has 0 spiro atoms. The van der Waals surface area contributed by atoms with Crippen LogP contribution in [0.15, 0.2) is 36.4 Å². The zero-order chi connectivity index (χ0) is 17.2. The summed E-state index contributed by atoms with van der Waals surface area (Å²) in [5.74, 6) is 2.39. The van der Waals surface area contributed by atoms with Crippen LogP contribution >= 0.6 is 0 Å². The van der Waals surface area contributed by atoms with Gasteiger partial charge in [0.2, 0.25) is 5.91 Å². The maximum Gasteiger partial charge on any atom is 0.221 e. The molecule has 1 aromatic carbocycles. The third-order valence-electron chi connectivity index (χ3n) is 5.17. The van der Waals surface area contributed by atoms with Gasteiger partial charge in [0.15, 0.2) is 0 Å². The monoisotopic (exact) mass is 337 g/mol. The number of benzene rings is 1. The van der Waals surface area contributed by atoms with Crippen LogP contribution in [0.25, 0.3) is 11.3 Å². The molecule has 1 amide bonds. The highest BCUT2D eigenvalue weighted by molar-refractivity contribution is 5.88. The summed E-state index contributed by atoms with van der Waals surface area (Å²) < 4.78 is 0. The first-order chi connectivity index (χ1) is 12.2. The van der Waals surface area contributed by atoms with Crippen molar-refractivity contribution in [3.63, 3.8) is 0 Å². The van der Waals surface area contributed by atoms with E-state index in [0.29, 0.717) is 6.04 Å². The van der Waals surface area contributed by atoms with Crippen molar-refractivity contribution in [3.8, 4) is 11.3 Å². The van der Waals surface area contributed by atoms with Crippen LogP contribution in [0, 0.1) is 11.8 Å². The van der Waals surface area contributed by atoms with E-state index in [0.717, 1.165) is 47.7 Å². The zero-order valence-electron chi connectivity index (χ0n) is 14.3. The lowest BCUT2D eigenvalue weighted by Gasteiger charge is -2.14. The fourth-order valence-corrected chi connectivity index (χ4v) is 3.98. The second kappa shape index (κ2) is 6.80. The van der Waals surface area contributed by atoms with Crippen molar-refractivity contribution in [1.82, 2.24) is 15.5 Å². The molecule has 0 bridgehead atoms. The molecule has 2 aromatic rings. The number of carbonyl (C=O) groups excluding carboxylic acids is 1. The van der Waals surface area contributed by atoms with Gasteiger partial charge in [-0.05, 0) is 62.0 Å². The first-order valence-corrected chi connectivity index (χ1v) is 8.86. The SMILES string of the molecule is CC(=O)Nc1ccc(-c2ccc(N[C@H]3C[C@H]4CNC[C@H]4C3)nn2)cc1. The Morgan fingerprint density at radius 1 is 1.04 bits per heavy atom. The molecule has 6 heteroatoms. The molecule has 2 fully saturated rings. The van der Waals surface area contributed by atoms with E-state index in [9.17, 15) is 4.79 Å². The number of amides is 1. The minimum absolute atomic E-state index is 0.0743. The molecular formula is C19H23N5O. The molecule has 2 heterocycles. The third-order valence-corrected chi connectivity index (χ3v) is 5.17. The van der Waals surface area contributed by atoms with Crippen molar-refractivity contribution in [2.24, 2.45) is 11.8 Å². The van der Waals surface area contributed by atoms with Gasteiger partial charge in [-0.2, -0.15) is 0 Å². The van der Waals surface area contributed by atoms with E-state index in [2.05, 4.69) is 26.1 Å². The fraction of sp³-hybridized carbons (Fsp3) is 0.421. The van der Waals surface area contributed by atoms with Crippen LogP contribution in [0.2, 0.25) is 0 Å². The lowest BCUT2D eigenvalue weighted by Crippen LogP contribution is -2.21. The summed E-state index contributed by atoms with van der Waals surface area (Å²) in [6.45, 7) is 3.81. The fourth-order valence-electron chi connectivity index (χ4n) is 3.98. The van der Waals surface area contributed by atoms with Gasteiger partial charge >= 0.3 is 0 Å². The normalized spacial score (nSPS) is 24.8. The Bertz CT molecular complexity index is 731. The van der Waals surface area contributed by atoms with E-state index in [1.165, 1.54) is 19.8 Å². The average molecular weight is 337 g/mol. The lowest BCUT2D eigenvalue weighted by molar-refractivity contribution is -0.114. The maximum absolute atomic E-state index is 11.1. The Morgan fingerprint density at radius 2 is 1.76 bits per heavy atom. The minimum Gasteiger partial charge on any atom is -0.366 e. The predicted octanol–water partition coefficient (Wildman–Crippen LogP) is 2.51. The summed E-state index contributed by atoms with van der Waals surface area (Å²) in [6, 6.07) is 12.1. The number of carbonyl (C=O) groups is 1. The van der Waals surface area contributed by atoms with Crippen LogP contribution in [0.3, 0.4) is 0 Å².